The average Bonchev–Trinajstić information content (AvgIpc) is 2.09. The van der Waals surface area contributed by atoms with Crippen molar-refractivity contribution in [1.29, 1.82) is 0 Å². The summed E-state index contributed by atoms with van der Waals surface area (Å²) in [4.78, 5) is 0. The van der Waals surface area contributed by atoms with Crippen LogP contribution >= 0.6 is 15.9 Å². The summed E-state index contributed by atoms with van der Waals surface area (Å²) < 4.78 is 14.1. The van der Waals surface area contributed by atoms with Crippen LogP contribution in [-0.4, -0.2) is 17.3 Å². The lowest BCUT2D eigenvalue weighted by molar-refractivity contribution is 0.0748. The smallest absolute Gasteiger partial charge is 0.146 e. The number of nitrogens with one attached hydrogen (secondary N) is 1. The van der Waals surface area contributed by atoms with Crippen molar-refractivity contribution in [3.63, 3.8) is 0 Å². The minimum Gasteiger partial charge on any atom is -0.390 e. The molecule has 0 aliphatic rings. The molecule has 0 heterocycles. The fourth-order valence-electron chi connectivity index (χ4n) is 1.14. The molecule has 15 heavy (non-hydrogen) atoms. The first-order chi connectivity index (χ1) is 6.88. The highest BCUT2D eigenvalue weighted by molar-refractivity contribution is 9.10. The summed E-state index contributed by atoms with van der Waals surface area (Å²) in [5, 5.41) is 12.4. The minimum absolute atomic E-state index is 0.283. The first-order valence-corrected chi connectivity index (χ1v) is 5.59. The third-order valence-electron chi connectivity index (χ3n) is 1.98. The van der Waals surface area contributed by atoms with E-state index in [1.165, 1.54) is 6.07 Å². The second-order valence-corrected chi connectivity index (χ2v) is 5.03. The van der Waals surface area contributed by atoms with Crippen molar-refractivity contribution in [2.75, 3.05) is 11.9 Å². The monoisotopic (exact) mass is 275 g/mol. The highest BCUT2D eigenvalue weighted by Gasteiger charge is 2.11. The van der Waals surface area contributed by atoms with Crippen molar-refractivity contribution in [3.8, 4) is 0 Å². The van der Waals surface area contributed by atoms with Crippen LogP contribution < -0.4 is 5.32 Å². The molecule has 0 aliphatic heterocycles. The van der Waals surface area contributed by atoms with E-state index in [4.69, 9.17) is 0 Å². The zero-order valence-electron chi connectivity index (χ0n) is 8.85. The Labute approximate surface area is 97.6 Å². The molecule has 0 fully saturated rings. The van der Waals surface area contributed by atoms with Gasteiger partial charge in [-0.05, 0) is 38.5 Å². The third-order valence-corrected chi connectivity index (χ3v) is 2.47. The van der Waals surface area contributed by atoms with Crippen LogP contribution in [0.5, 0.6) is 0 Å². The molecule has 0 atom stereocenters. The molecule has 0 spiro atoms. The predicted molar refractivity (Wildman–Crippen MR) is 63.5 cm³/mol. The molecule has 2 N–H and O–H groups in total. The van der Waals surface area contributed by atoms with Gasteiger partial charge in [0.1, 0.15) is 5.82 Å². The number of anilines is 1. The van der Waals surface area contributed by atoms with Crippen LogP contribution in [0.1, 0.15) is 20.3 Å². The molecular formula is C11H15BrFNO. The van der Waals surface area contributed by atoms with Gasteiger partial charge in [-0.2, -0.15) is 0 Å². The topological polar surface area (TPSA) is 32.3 Å². The van der Waals surface area contributed by atoms with Crippen molar-refractivity contribution in [1.82, 2.24) is 0 Å². The lowest BCUT2D eigenvalue weighted by atomic mass is 10.1. The molecule has 1 aromatic rings. The fraction of sp³-hybridized carbons (Fsp3) is 0.455. The van der Waals surface area contributed by atoms with E-state index in [0.29, 0.717) is 18.7 Å². The van der Waals surface area contributed by atoms with E-state index in [1.807, 2.05) is 0 Å². The fourth-order valence-corrected chi connectivity index (χ4v) is 1.50. The molecule has 4 heteroatoms. The highest BCUT2D eigenvalue weighted by Crippen LogP contribution is 2.20. The van der Waals surface area contributed by atoms with E-state index in [-0.39, 0.29) is 5.82 Å². The van der Waals surface area contributed by atoms with E-state index >= 15 is 0 Å². The Balaban J connectivity index is 2.54. The molecule has 84 valence electrons. The molecule has 0 bridgehead atoms. The van der Waals surface area contributed by atoms with Crippen LogP contribution in [0, 0.1) is 5.82 Å². The quantitative estimate of drug-likeness (QED) is 0.885. The molecule has 1 rings (SSSR count). The van der Waals surface area contributed by atoms with E-state index < -0.39 is 5.60 Å². The zero-order valence-corrected chi connectivity index (χ0v) is 10.4. The Morgan fingerprint density at radius 3 is 2.73 bits per heavy atom. The van der Waals surface area contributed by atoms with Crippen LogP contribution in [0.2, 0.25) is 0 Å². The summed E-state index contributed by atoms with van der Waals surface area (Å²) in [5.41, 5.74) is -0.274. The molecule has 0 aliphatic carbocycles. The molecule has 0 radical (unpaired) electrons. The normalized spacial score (nSPS) is 11.5. The van der Waals surface area contributed by atoms with Gasteiger partial charge in [0.05, 0.1) is 11.3 Å². The average molecular weight is 276 g/mol. The SMILES string of the molecule is CC(C)(O)CCNc1cc(Br)ccc1F. The van der Waals surface area contributed by atoms with Crippen LogP contribution in [0.4, 0.5) is 10.1 Å². The van der Waals surface area contributed by atoms with Gasteiger partial charge in [-0.3, -0.25) is 0 Å². The minimum atomic E-state index is -0.727. The van der Waals surface area contributed by atoms with Gasteiger partial charge in [0, 0.05) is 11.0 Å². The Bertz CT molecular complexity index is 336. The Morgan fingerprint density at radius 2 is 2.13 bits per heavy atom. The third kappa shape index (κ3) is 4.62. The zero-order chi connectivity index (χ0) is 11.5. The first kappa shape index (κ1) is 12.5. The number of hydrogen-bond acceptors (Lipinski definition) is 2. The Kier molecular flexibility index (Phi) is 4.11. The lowest BCUT2D eigenvalue weighted by Crippen LogP contribution is -2.22. The van der Waals surface area contributed by atoms with E-state index in [9.17, 15) is 9.50 Å². The molecule has 0 amide bonds. The van der Waals surface area contributed by atoms with Crippen LogP contribution in [0.25, 0.3) is 0 Å². The molecule has 0 saturated heterocycles. The number of rotatable bonds is 4. The van der Waals surface area contributed by atoms with Gasteiger partial charge in [-0.15, -0.1) is 0 Å². The molecule has 2 nitrogen and oxygen atoms in total. The van der Waals surface area contributed by atoms with Crippen molar-refractivity contribution in [2.24, 2.45) is 0 Å². The number of aliphatic hydroxyl groups is 1. The van der Waals surface area contributed by atoms with Crippen LogP contribution in [0.3, 0.4) is 0 Å². The highest BCUT2D eigenvalue weighted by atomic mass is 79.9. The summed E-state index contributed by atoms with van der Waals surface area (Å²) in [6.07, 6.45) is 0.568. The summed E-state index contributed by atoms with van der Waals surface area (Å²) in [6, 6.07) is 4.73. The molecule has 0 unspecified atom stereocenters. The number of halogens is 2. The van der Waals surface area contributed by atoms with Gasteiger partial charge in [-0.1, -0.05) is 15.9 Å². The Hall–Kier alpha value is -0.610. The molecule has 0 aromatic heterocycles. The maximum atomic E-state index is 13.2. The van der Waals surface area contributed by atoms with Gasteiger partial charge in [0.15, 0.2) is 0 Å². The van der Waals surface area contributed by atoms with Crippen LogP contribution in [-0.2, 0) is 0 Å². The maximum Gasteiger partial charge on any atom is 0.146 e. The standard InChI is InChI=1S/C11H15BrFNO/c1-11(2,15)5-6-14-10-7-8(12)3-4-9(10)13/h3-4,7,14-15H,5-6H2,1-2H3. The second-order valence-electron chi connectivity index (χ2n) is 4.11. The number of hydrogen-bond donors (Lipinski definition) is 2. The summed E-state index contributed by atoms with van der Waals surface area (Å²) in [7, 11) is 0. The summed E-state index contributed by atoms with van der Waals surface area (Å²) >= 11 is 3.27. The Morgan fingerprint density at radius 1 is 1.47 bits per heavy atom. The second kappa shape index (κ2) is 4.94. The van der Waals surface area contributed by atoms with Gasteiger partial charge in [-0.25, -0.2) is 4.39 Å². The summed E-state index contributed by atoms with van der Waals surface area (Å²) in [5.74, 6) is -0.283. The lowest BCUT2D eigenvalue weighted by Gasteiger charge is -2.17. The van der Waals surface area contributed by atoms with Crippen molar-refractivity contribution < 1.29 is 9.50 Å². The maximum absolute atomic E-state index is 13.2. The first-order valence-electron chi connectivity index (χ1n) is 4.80. The largest absolute Gasteiger partial charge is 0.390 e. The summed E-state index contributed by atoms with van der Waals surface area (Å²) in [6.45, 7) is 3.99. The van der Waals surface area contributed by atoms with Gasteiger partial charge < -0.3 is 10.4 Å². The van der Waals surface area contributed by atoms with Crippen molar-refractivity contribution >= 4 is 21.6 Å². The molecule has 0 saturated carbocycles. The van der Waals surface area contributed by atoms with Gasteiger partial charge in [0.2, 0.25) is 0 Å². The predicted octanol–water partition coefficient (Wildman–Crippen LogP) is 3.16. The van der Waals surface area contributed by atoms with Gasteiger partial charge >= 0.3 is 0 Å². The molecule has 1 aromatic carbocycles. The van der Waals surface area contributed by atoms with Gasteiger partial charge in [0.25, 0.3) is 0 Å². The number of benzene rings is 1. The van der Waals surface area contributed by atoms with Crippen molar-refractivity contribution in [2.45, 2.75) is 25.9 Å². The van der Waals surface area contributed by atoms with E-state index in [0.717, 1.165) is 4.47 Å². The van der Waals surface area contributed by atoms with Crippen LogP contribution in [0.15, 0.2) is 22.7 Å². The van der Waals surface area contributed by atoms with Crippen molar-refractivity contribution in [3.05, 3.63) is 28.5 Å². The van der Waals surface area contributed by atoms with E-state index in [1.54, 1.807) is 26.0 Å². The molecular weight excluding hydrogens is 261 g/mol. The van der Waals surface area contributed by atoms with E-state index in [2.05, 4.69) is 21.2 Å².